The zero-order chi connectivity index (χ0) is 14.2. The second-order valence-corrected chi connectivity index (χ2v) is 5.52. The maximum atomic E-state index is 10.9. The number of nitrogens with one attached hydrogen (secondary N) is 2. The Kier molecular flexibility index (Phi) is 5.50. The first-order chi connectivity index (χ1) is 9.74. The molecule has 0 aliphatic rings. The van der Waals surface area contributed by atoms with Crippen molar-refractivity contribution in [3.05, 3.63) is 54.6 Å². The van der Waals surface area contributed by atoms with Crippen LogP contribution >= 0.6 is 11.8 Å². The smallest absolute Gasteiger partial charge is 0.221 e. The van der Waals surface area contributed by atoms with E-state index >= 15 is 0 Å². The molecule has 2 rings (SSSR count). The summed E-state index contributed by atoms with van der Waals surface area (Å²) in [5, 5.41) is 6.11. The molecule has 3 nitrogen and oxygen atoms in total. The third-order valence-corrected chi connectivity index (χ3v) is 3.66. The number of thioether (sulfide) groups is 1. The lowest BCUT2D eigenvalue weighted by atomic mass is 10.3. The van der Waals surface area contributed by atoms with Gasteiger partial charge in [-0.25, -0.2) is 0 Å². The molecule has 0 aliphatic heterocycles. The number of hydrogen-bond donors (Lipinski definition) is 2. The largest absolute Gasteiger partial charge is 0.384 e. The molecule has 0 radical (unpaired) electrons. The fourth-order valence-corrected chi connectivity index (χ4v) is 2.55. The summed E-state index contributed by atoms with van der Waals surface area (Å²) < 4.78 is 0. The Labute approximate surface area is 123 Å². The van der Waals surface area contributed by atoms with Gasteiger partial charge in [-0.15, -0.1) is 11.8 Å². The molecule has 0 unspecified atom stereocenters. The average molecular weight is 286 g/mol. The minimum absolute atomic E-state index is 0.0510. The Hall–Kier alpha value is -1.94. The molecule has 0 saturated carbocycles. The van der Waals surface area contributed by atoms with Gasteiger partial charge in [0.25, 0.3) is 0 Å². The molecule has 104 valence electrons. The lowest BCUT2D eigenvalue weighted by Gasteiger charge is -2.07. The Morgan fingerprint density at radius 3 is 2.30 bits per heavy atom. The number of amides is 1. The maximum Gasteiger partial charge on any atom is 0.221 e. The van der Waals surface area contributed by atoms with Crippen LogP contribution in [0.4, 0.5) is 11.4 Å². The highest BCUT2D eigenvalue weighted by Gasteiger charge is 1.97. The van der Waals surface area contributed by atoms with Crippen LogP contribution in [0.1, 0.15) is 6.92 Å². The standard InChI is InChI=1S/C16H18N2OS/c1-13(19)18-15-9-7-14(8-10-15)17-11-12-20-16-5-3-2-4-6-16/h2-10,17H,11-12H2,1H3,(H,18,19). The third-order valence-electron chi connectivity index (χ3n) is 2.65. The zero-order valence-corrected chi connectivity index (χ0v) is 12.2. The van der Waals surface area contributed by atoms with Gasteiger partial charge in [0.05, 0.1) is 0 Å². The summed E-state index contributed by atoms with van der Waals surface area (Å²) in [4.78, 5) is 12.2. The van der Waals surface area contributed by atoms with Crippen LogP contribution in [0.5, 0.6) is 0 Å². The number of carbonyl (C=O) groups excluding carboxylic acids is 1. The molecular formula is C16H18N2OS. The van der Waals surface area contributed by atoms with Gasteiger partial charge < -0.3 is 10.6 Å². The molecule has 2 aromatic carbocycles. The van der Waals surface area contributed by atoms with Gasteiger partial charge in [-0.2, -0.15) is 0 Å². The van der Waals surface area contributed by atoms with Crippen LogP contribution in [-0.2, 0) is 4.79 Å². The fourth-order valence-electron chi connectivity index (χ4n) is 1.76. The van der Waals surface area contributed by atoms with Crippen molar-refractivity contribution >= 4 is 29.0 Å². The van der Waals surface area contributed by atoms with Crippen LogP contribution in [0, 0.1) is 0 Å². The first-order valence-electron chi connectivity index (χ1n) is 6.53. The number of carbonyl (C=O) groups is 1. The summed E-state index contributed by atoms with van der Waals surface area (Å²) in [6.45, 7) is 2.41. The topological polar surface area (TPSA) is 41.1 Å². The molecule has 4 heteroatoms. The van der Waals surface area contributed by atoms with Crippen LogP contribution in [0.25, 0.3) is 0 Å². The fraction of sp³-hybridized carbons (Fsp3) is 0.188. The Morgan fingerprint density at radius 2 is 1.65 bits per heavy atom. The molecule has 0 spiro atoms. The van der Waals surface area contributed by atoms with Gasteiger partial charge in [-0.3, -0.25) is 4.79 Å². The van der Waals surface area contributed by atoms with Crippen LogP contribution < -0.4 is 10.6 Å². The minimum atomic E-state index is -0.0510. The molecule has 1 amide bonds. The molecular weight excluding hydrogens is 268 g/mol. The van der Waals surface area contributed by atoms with Crippen LogP contribution in [0.3, 0.4) is 0 Å². The molecule has 2 N–H and O–H groups in total. The number of rotatable bonds is 6. The Morgan fingerprint density at radius 1 is 1.00 bits per heavy atom. The molecule has 0 saturated heterocycles. The van der Waals surface area contributed by atoms with Crippen molar-refractivity contribution in [2.75, 3.05) is 22.9 Å². The lowest BCUT2D eigenvalue weighted by Crippen LogP contribution is -2.06. The van der Waals surface area contributed by atoms with Gasteiger partial charge >= 0.3 is 0 Å². The summed E-state index contributed by atoms with van der Waals surface area (Å²) in [5.41, 5.74) is 1.88. The highest BCUT2D eigenvalue weighted by atomic mass is 32.2. The summed E-state index contributed by atoms with van der Waals surface area (Å²) in [6, 6.07) is 18.1. The highest BCUT2D eigenvalue weighted by Crippen LogP contribution is 2.17. The third kappa shape index (κ3) is 4.97. The van der Waals surface area contributed by atoms with E-state index in [-0.39, 0.29) is 5.91 Å². The lowest BCUT2D eigenvalue weighted by molar-refractivity contribution is -0.114. The van der Waals surface area contributed by atoms with Crippen molar-refractivity contribution in [2.45, 2.75) is 11.8 Å². The first-order valence-corrected chi connectivity index (χ1v) is 7.52. The molecule has 0 atom stereocenters. The van der Waals surface area contributed by atoms with Gasteiger partial charge in [-0.1, -0.05) is 18.2 Å². The molecule has 20 heavy (non-hydrogen) atoms. The van der Waals surface area contributed by atoms with E-state index in [4.69, 9.17) is 0 Å². The number of benzene rings is 2. The van der Waals surface area contributed by atoms with Gasteiger partial charge in [0.15, 0.2) is 0 Å². The summed E-state index contributed by atoms with van der Waals surface area (Å²) in [5.74, 6) is 0.960. The number of hydrogen-bond acceptors (Lipinski definition) is 3. The van der Waals surface area contributed by atoms with E-state index in [1.54, 1.807) is 0 Å². The van der Waals surface area contributed by atoms with E-state index in [1.807, 2.05) is 42.1 Å². The van der Waals surface area contributed by atoms with Gasteiger partial charge in [0, 0.05) is 35.5 Å². The normalized spacial score (nSPS) is 10.1. The van der Waals surface area contributed by atoms with E-state index in [2.05, 4.69) is 34.9 Å². The molecule has 0 heterocycles. The van der Waals surface area contributed by atoms with E-state index in [9.17, 15) is 4.79 Å². The summed E-state index contributed by atoms with van der Waals surface area (Å²) in [6.07, 6.45) is 0. The summed E-state index contributed by atoms with van der Waals surface area (Å²) >= 11 is 1.83. The van der Waals surface area contributed by atoms with Gasteiger partial charge in [0.2, 0.25) is 5.91 Å². The van der Waals surface area contributed by atoms with E-state index in [0.717, 1.165) is 23.7 Å². The van der Waals surface area contributed by atoms with Crippen molar-refractivity contribution < 1.29 is 4.79 Å². The molecule has 0 aliphatic carbocycles. The number of anilines is 2. The first kappa shape index (κ1) is 14.5. The minimum Gasteiger partial charge on any atom is -0.384 e. The van der Waals surface area contributed by atoms with Gasteiger partial charge in [-0.05, 0) is 36.4 Å². The monoisotopic (exact) mass is 286 g/mol. The predicted octanol–water partition coefficient (Wildman–Crippen LogP) is 3.85. The van der Waals surface area contributed by atoms with Crippen LogP contribution in [0.15, 0.2) is 59.5 Å². The van der Waals surface area contributed by atoms with Crippen molar-refractivity contribution in [1.82, 2.24) is 0 Å². The zero-order valence-electron chi connectivity index (χ0n) is 11.4. The van der Waals surface area contributed by atoms with Crippen LogP contribution in [-0.4, -0.2) is 18.2 Å². The van der Waals surface area contributed by atoms with Crippen LogP contribution in [0.2, 0.25) is 0 Å². The van der Waals surface area contributed by atoms with Gasteiger partial charge in [0.1, 0.15) is 0 Å². The predicted molar refractivity (Wildman–Crippen MR) is 86.4 cm³/mol. The van der Waals surface area contributed by atoms with Crippen molar-refractivity contribution in [3.63, 3.8) is 0 Å². The van der Waals surface area contributed by atoms with Crippen molar-refractivity contribution in [2.24, 2.45) is 0 Å². The van der Waals surface area contributed by atoms with E-state index < -0.39 is 0 Å². The molecule has 0 aromatic heterocycles. The average Bonchev–Trinajstić information content (AvgIpc) is 2.46. The summed E-state index contributed by atoms with van der Waals surface area (Å²) in [7, 11) is 0. The quantitative estimate of drug-likeness (QED) is 0.626. The Bertz CT molecular complexity index is 540. The SMILES string of the molecule is CC(=O)Nc1ccc(NCCSc2ccccc2)cc1. The molecule has 0 fully saturated rings. The van der Waals surface area contributed by atoms with E-state index in [0.29, 0.717) is 0 Å². The van der Waals surface area contributed by atoms with Crippen molar-refractivity contribution in [1.29, 1.82) is 0 Å². The second kappa shape index (κ2) is 7.60. The van der Waals surface area contributed by atoms with E-state index in [1.165, 1.54) is 11.8 Å². The maximum absolute atomic E-state index is 10.9. The Balaban J connectivity index is 1.73. The molecule has 0 bridgehead atoms. The second-order valence-electron chi connectivity index (χ2n) is 4.35. The molecule has 2 aromatic rings. The van der Waals surface area contributed by atoms with Crippen molar-refractivity contribution in [3.8, 4) is 0 Å². The highest BCUT2D eigenvalue weighted by molar-refractivity contribution is 7.99.